The maximum absolute atomic E-state index is 12.8. The van der Waals surface area contributed by atoms with Gasteiger partial charge >= 0.3 is 0 Å². The fourth-order valence-electron chi connectivity index (χ4n) is 4.09. The van der Waals surface area contributed by atoms with E-state index in [1.165, 1.54) is 32.4 Å². The van der Waals surface area contributed by atoms with E-state index >= 15 is 0 Å². The molecule has 1 saturated heterocycles. The molecule has 6 nitrogen and oxygen atoms in total. The molecule has 1 aliphatic heterocycles. The van der Waals surface area contributed by atoms with Crippen molar-refractivity contribution in [2.75, 3.05) is 33.4 Å². The molecule has 0 N–H and O–H groups in total. The minimum absolute atomic E-state index is 0.0902. The highest BCUT2D eigenvalue weighted by Gasteiger charge is 2.16. The van der Waals surface area contributed by atoms with Crippen LogP contribution in [0.2, 0.25) is 0 Å². The zero-order valence-corrected chi connectivity index (χ0v) is 19.7. The van der Waals surface area contributed by atoms with Crippen LogP contribution in [0.5, 0.6) is 11.5 Å². The van der Waals surface area contributed by atoms with E-state index < -0.39 is 0 Å². The summed E-state index contributed by atoms with van der Waals surface area (Å²) in [7, 11) is 3.35. The molecule has 4 rings (SSSR count). The number of hydrogen-bond acceptors (Lipinski definition) is 5. The van der Waals surface area contributed by atoms with Gasteiger partial charge in [0.2, 0.25) is 0 Å². The molecule has 2 aromatic carbocycles. The molecule has 0 radical (unpaired) electrons. The second-order valence-corrected chi connectivity index (χ2v) is 8.84. The monoisotopic (exact) mass is 485 g/mol. The molecule has 0 amide bonds. The van der Waals surface area contributed by atoms with Crippen LogP contribution in [0.25, 0.3) is 22.3 Å². The van der Waals surface area contributed by atoms with E-state index in [-0.39, 0.29) is 5.56 Å². The van der Waals surface area contributed by atoms with Gasteiger partial charge in [0.25, 0.3) is 5.56 Å². The quantitative estimate of drug-likeness (QED) is 0.456. The first-order valence-electron chi connectivity index (χ1n) is 10.8. The van der Waals surface area contributed by atoms with E-state index in [0.29, 0.717) is 29.1 Å². The van der Waals surface area contributed by atoms with Gasteiger partial charge in [0.15, 0.2) is 0 Å². The zero-order valence-electron chi connectivity index (χ0n) is 18.1. The number of nitrogens with zero attached hydrogens (tertiary/aromatic N) is 3. The fourth-order valence-corrected chi connectivity index (χ4v) is 4.44. The highest BCUT2D eigenvalue weighted by Crippen LogP contribution is 2.32. The Bertz CT molecular complexity index is 1120. The molecule has 0 spiro atoms. The first-order chi connectivity index (χ1) is 15.1. The predicted octanol–water partition coefficient (Wildman–Crippen LogP) is 4.63. The molecule has 0 bridgehead atoms. The van der Waals surface area contributed by atoms with Crippen LogP contribution in [0.4, 0.5) is 0 Å². The van der Waals surface area contributed by atoms with Crippen molar-refractivity contribution in [3.05, 3.63) is 51.2 Å². The van der Waals surface area contributed by atoms with Crippen LogP contribution in [0.15, 0.2) is 45.7 Å². The molecule has 1 fully saturated rings. The molecule has 1 aliphatic rings. The summed E-state index contributed by atoms with van der Waals surface area (Å²) in [6.07, 6.45) is 4.97. The number of fused-ring (bicyclic) bond motifs is 1. The maximum atomic E-state index is 12.8. The number of likely N-dealkylation sites (tertiary alicyclic amines) is 1. The molecule has 0 aliphatic carbocycles. The third-order valence-electron chi connectivity index (χ3n) is 5.79. The summed E-state index contributed by atoms with van der Waals surface area (Å²) in [5.74, 6) is 1.95. The van der Waals surface area contributed by atoms with Crippen LogP contribution >= 0.6 is 15.9 Å². The van der Waals surface area contributed by atoms with Crippen molar-refractivity contribution in [2.24, 2.45) is 7.05 Å². The normalized spacial score (nSPS) is 14.7. The number of methoxy groups -OCH3 is 1. The Morgan fingerprint density at radius 2 is 1.90 bits per heavy atom. The lowest BCUT2D eigenvalue weighted by Gasteiger charge is -2.26. The highest BCUT2D eigenvalue weighted by atomic mass is 79.9. The fraction of sp³-hybridized carbons (Fsp3) is 0.417. The molecule has 1 aromatic heterocycles. The van der Waals surface area contributed by atoms with Crippen molar-refractivity contribution >= 4 is 26.8 Å². The van der Waals surface area contributed by atoms with Crippen molar-refractivity contribution in [3.63, 3.8) is 0 Å². The molecular weight excluding hydrogens is 458 g/mol. The van der Waals surface area contributed by atoms with Crippen LogP contribution < -0.4 is 15.0 Å². The summed E-state index contributed by atoms with van der Waals surface area (Å²) >= 11 is 3.46. The number of rotatable bonds is 7. The van der Waals surface area contributed by atoms with Crippen molar-refractivity contribution in [2.45, 2.75) is 25.7 Å². The van der Waals surface area contributed by atoms with Gasteiger partial charge in [-0.3, -0.25) is 9.36 Å². The largest absolute Gasteiger partial charge is 0.496 e. The number of benzene rings is 2. The van der Waals surface area contributed by atoms with Gasteiger partial charge in [-0.25, -0.2) is 4.98 Å². The third-order valence-corrected chi connectivity index (χ3v) is 6.28. The summed E-state index contributed by atoms with van der Waals surface area (Å²) < 4.78 is 14.0. The van der Waals surface area contributed by atoms with Gasteiger partial charge in [0.05, 0.1) is 30.2 Å². The summed E-state index contributed by atoms with van der Waals surface area (Å²) in [4.78, 5) is 20.1. The summed E-state index contributed by atoms with van der Waals surface area (Å²) in [6.45, 7) is 4.15. The van der Waals surface area contributed by atoms with Gasteiger partial charge in [-0.1, -0.05) is 22.4 Å². The first-order valence-corrected chi connectivity index (χ1v) is 11.6. The molecule has 2 heterocycles. The Labute approximate surface area is 190 Å². The zero-order chi connectivity index (χ0) is 21.8. The molecule has 3 aromatic rings. The number of hydrogen-bond donors (Lipinski definition) is 0. The first kappa shape index (κ1) is 21.8. The van der Waals surface area contributed by atoms with Crippen LogP contribution in [0.1, 0.15) is 25.7 Å². The molecule has 164 valence electrons. The van der Waals surface area contributed by atoms with E-state index in [0.717, 1.165) is 28.8 Å². The average Bonchev–Trinajstić information content (AvgIpc) is 2.79. The maximum Gasteiger partial charge on any atom is 0.261 e. The van der Waals surface area contributed by atoms with E-state index in [1.807, 2.05) is 30.3 Å². The molecule has 0 unspecified atom stereocenters. The third kappa shape index (κ3) is 4.93. The van der Waals surface area contributed by atoms with Gasteiger partial charge in [0, 0.05) is 24.1 Å². The average molecular weight is 486 g/mol. The minimum atomic E-state index is -0.0902. The Morgan fingerprint density at radius 3 is 2.68 bits per heavy atom. The molecule has 31 heavy (non-hydrogen) atoms. The second-order valence-electron chi connectivity index (χ2n) is 7.93. The van der Waals surface area contributed by atoms with Crippen LogP contribution in [0.3, 0.4) is 0 Å². The van der Waals surface area contributed by atoms with Gasteiger partial charge in [-0.2, -0.15) is 0 Å². The molecule has 0 saturated carbocycles. The SMILES string of the molecule is COc1cc(OCCCN2CCCCC2)ccc1-c1nc2cc(Br)ccc2c(=O)n1C. The van der Waals surface area contributed by atoms with Crippen molar-refractivity contribution in [1.82, 2.24) is 14.5 Å². The Hall–Kier alpha value is -2.38. The smallest absolute Gasteiger partial charge is 0.261 e. The van der Waals surface area contributed by atoms with Gasteiger partial charge in [0.1, 0.15) is 17.3 Å². The van der Waals surface area contributed by atoms with E-state index in [9.17, 15) is 4.79 Å². The second kappa shape index (κ2) is 9.83. The number of ether oxygens (including phenoxy) is 2. The minimum Gasteiger partial charge on any atom is -0.496 e. The molecule has 7 heteroatoms. The Kier molecular flexibility index (Phi) is 6.92. The van der Waals surface area contributed by atoms with Crippen LogP contribution in [0, 0.1) is 0 Å². The lowest BCUT2D eigenvalue weighted by Crippen LogP contribution is -2.31. The summed E-state index contributed by atoms with van der Waals surface area (Å²) in [5.41, 5.74) is 1.31. The summed E-state index contributed by atoms with van der Waals surface area (Å²) in [6, 6.07) is 11.2. The van der Waals surface area contributed by atoms with Gasteiger partial charge < -0.3 is 14.4 Å². The van der Waals surface area contributed by atoms with Crippen LogP contribution in [-0.4, -0.2) is 47.8 Å². The predicted molar refractivity (Wildman–Crippen MR) is 127 cm³/mol. The highest BCUT2D eigenvalue weighted by molar-refractivity contribution is 9.10. The van der Waals surface area contributed by atoms with Crippen molar-refractivity contribution in [1.29, 1.82) is 0 Å². The lowest BCUT2D eigenvalue weighted by molar-refractivity contribution is 0.205. The van der Waals surface area contributed by atoms with Gasteiger partial charge in [-0.15, -0.1) is 0 Å². The van der Waals surface area contributed by atoms with Crippen LogP contribution in [-0.2, 0) is 7.05 Å². The topological polar surface area (TPSA) is 56.6 Å². The van der Waals surface area contributed by atoms with Crippen molar-refractivity contribution in [3.8, 4) is 22.9 Å². The number of halogens is 1. The lowest BCUT2D eigenvalue weighted by atomic mass is 10.1. The van der Waals surface area contributed by atoms with Gasteiger partial charge in [-0.05, 0) is 62.7 Å². The van der Waals surface area contributed by atoms with E-state index in [2.05, 4.69) is 20.8 Å². The Morgan fingerprint density at radius 1 is 1.10 bits per heavy atom. The number of piperidine rings is 1. The van der Waals surface area contributed by atoms with E-state index in [1.54, 1.807) is 24.8 Å². The molecular formula is C24H28BrN3O3. The number of aromatic nitrogens is 2. The van der Waals surface area contributed by atoms with Crippen molar-refractivity contribution < 1.29 is 9.47 Å². The molecule has 0 atom stereocenters. The van der Waals surface area contributed by atoms with E-state index in [4.69, 9.17) is 14.5 Å². The summed E-state index contributed by atoms with van der Waals surface area (Å²) in [5, 5.41) is 0.585. The standard InChI is InChI=1S/C24H28BrN3O3/c1-27-23(26-21-15-17(25)7-9-19(21)24(27)29)20-10-8-18(16-22(20)30-2)31-14-6-13-28-11-4-3-5-12-28/h7-10,15-16H,3-6,11-14H2,1-2H3. The Balaban J connectivity index is 1.53.